The number of hydrogen-bond acceptors (Lipinski definition) is 3. The van der Waals surface area contributed by atoms with Crippen LogP contribution in [0.3, 0.4) is 0 Å². The smallest absolute Gasteiger partial charge is 0.220 e. The van der Waals surface area contributed by atoms with Crippen molar-refractivity contribution >= 4 is 18.3 Å². The van der Waals surface area contributed by atoms with Gasteiger partial charge in [-0.2, -0.15) is 0 Å². The molecule has 2 rings (SSSR count). The van der Waals surface area contributed by atoms with Crippen molar-refractivity contribution in [3.05, 3.63) is 29.8 Å². The standard InChI is InChI=1S/C17H26N2O2.ClH/c1-21-15-7-4-6-14(12-15)17(9-2-3-10-17)13-19-16(20)8-5-11-18;/h4,6-7,12H,2-3,5,8-11,13,18H2,1H3,(H,19,20);1H. The summed E-state index contributed by atoms with van der Waals surface area (Å²) >= 11 is 0. The number of methoxy groups -OCH3 is 1. The Bertz CT molecular complexity index is 473. The maximum absolute atomic E-state index is 11.9. The number of nitrogens with two attached hydrogens (primary N) is 1. The van der Waals surface area contributed by atoms with Gasteiger partial charge < -0.3 is 15.8 Å². The van der Waals surface area contributed by atoms with Crippen LogP contribution in [0.15, 0.2) is 24.3 Å². The molecular weight excluding hydrogens is 300 g/mol. The highest BCUT2D eigenvalue weighted by atomic mass is 35.5. The molecule has 22 heavy (non-hydrogen) atoms. The summed E-state index contributed by atoms with van der Waals surface area (Å²) in [6.07, 6.45) is 5.95. The summed E-state index contributed by atoms with van der Waals surface area (Å²) in [5.41, 5.74) is 6.79. The Morgan fingerprint density at radius 2 is 2.09 bits per heavy atom. The molecule has 0 spiro atoms. The summed E-state index contributed by atoms with van der Waals surface area (Å²) in [7, 11) is 1.69. The van der Waals surface area contributed by atoms with E-state index in [4.69, 9.17) is 10.5 Å². The Labute approximate surface area is 139 Å². The minimum atomic E-state index is 0. The molecule has 5 heteroatoms. The quantitative estimate of drug-likeness (QED) is 0.809. The van der Waals surface area contributed by atoms with Gasteiger partial charge >= 0.3 is 0 Å². The van der Waals surface area contributed by atoms with Crippen LogP contribution >= 0.6 is 12.4 Å². The second-order valence-corrected chi connectivity index (χ2v) is 5.89. The van der Waals surface area contributed by atoms with Gasteiger partial charge in [-0.1, -0.05) is 25.0 Å². The fourth-order valence-electron chi connectivity index (χ4n) is 3.19. The van der Waals surface area contributed by atoms with Gasteiger partial charge in [0.05, 0.1) is 7.11 Å². The number of hydrogen-bond donors (Lipinski definition) is 2. The van der Waals surface area contributed by atoms with Crippen molar-refractivity contribution in [1.82, 2.24) is 5.32 Å². The third-order valence-corrected chi connectivity index (χ3v) is 4.47. The van der Waals surface area contributed by atoms with E-state index in [9.17, 15) is 4.79 Å². The number of ether oxygens (including phenoxy) is 1. The molecule has 0 heterocycles. The molecule has 0 aromatic heterocycles. The third kappa shape index (κ3) is 4.62. The Kier molecular flexibility index (Phi) is 7.69. The maximum atomic E-state index is 11.9. The van der Waals surface area contributed by atoms with Crippen molar-refractivity contribution in [3.8, 4) is 5.75 Å². The lowest BCUT2D eigenvalue weighted by Gasteiger charge is -2.30. The minimum Gasteiger partial charge on any atom is -0.497 e. The molecule has 4 nitrogen and oxygen atoms in total. The zero-order chi connectivity index (χ0) is 15.1. The van der Waals surface area contributed by atoms with Crippen molar-refractivity contribution in [1.29, 1.82) is 0 Å². The molecule has 1 saturated carbocycles. The first-order chi connectivity index (χ1) is 10.2. The van der Waals surface area contributed by atoms with Crippen LogP contribution in [0.4, 0.5) is 0 Å². The molecule has 0 saturated heterocycles. The second kappa shape index (κ2) is 9.01. The van der Waals surface area contributed by atoms with Crippen molar-refractivity contribution in [2.45, 2.75) is 43.9 Å². The van der Waals surface area contributed by atoms with Gasteiger partial charge in [0.2, 0.25) is 5.91 Å². The molecule has 1 aliphatic carbocycles. The summed E-state index contributed by atoms with van der Waals surface area (Å²) in [6, 6.07) is 8.26. The van der Waals surface area contributed by atoms with Gasteiger partial charge in [0.25, 0.3) is 0 Å². The van der Waals surface area contributed by atoms with Gasteiger partial charge in [0, 0.05) is 18.4 Å². The van der Waals surface area contributed by atoms with E-state index in [0.29, 0.717) is 19.5 Å². The number of benzene rings is 1. The summed E-state index contributed by atoms with van der Waals surface area (Å²) < 4.78 is 5.34. The number of amides is 1. The topological polar surface area (TPSA) is 64.3 Å². The Morgan fingerprint density at radius 1 is 1.36 bits per heavy atom. The van der Waals surface area contributed by atoms with E-state index in [1.165, 1.54) is 18.4 Å². The van der Waals surface area contributed by atoms with Gasteiger partial charge in [0.15, 0.2) is 0 Å². The summed E-state index contributed by atoms with van der Waals surface area (Å²) in [6.45, 7) is 1.28. The number of carbonyl (C=O) groups excluding carboxylic acids is 1. The zero-order valence-electron chi connectivity index (χ0n) is 13.3. The number of rotatable bonds is 7. The van der Waals surface area contributed by atoms with E-state index >= 15 is 0 Å². The molecule has 0 radical (unpaired) electrons. The van der Waals surface area contributed by atoms with Crippen molar-refractivity contribution in [2.24, 2.45) is 5.73 Å². The van der Waals surface area contributed by atoms with Crippen LogP contribution in [0.2, 0.25) is 0 Å². The van der Waals surface area contributed by atoms with Crippen LogP contribution in [0.1, 0.15) is 44.1 Å². The van der Waals surface area contributed by atoms with Gasteiger partial charge in [0.1, 0.15) is 5.75 Å². The molecule has 1 fully saturated rings. The van der Waals surface area contributed by atoms with Crippen LogP contribution in [0.25, 0.3) is 0 Å². The minimum absolute atomic E-state index is 0. The van der Waals surface area contributed by atoms with Gasteiger partial charge in [-0.25, -0.2) is 0 Å². The normalized spacial score (nSPS) is 15.9. The molecule has 1 amide bonds. The fraction of sp³-hybridized carbons (Fsp3) is 0.588. The van der Waals surface area contributed by atoms with Gasteiger partial charge in [-0.15, -0.1) is 12.4 Å². The molecule has 0 bridgehead atoms. The average molecular weight is 327 g/mol. The van der Waals surface area contributed by atoms with Crippen LogP contribution in [0.5, 0.6) is 5.75 Å². The maximum Gasteiger partial charge on any atom is 0.220 e. The predicted molar refractivity (Wildman–Crippen MR) is 91.7 cm³/mol. The molecule has 124 valence electrons. The first-order valence-corrected chi connectivity index (χ1v) is 7.81. The SMILES string of the molecule is COc1cccc(C2(CNC(=O)CCCN)CCCC2)c1.Cl. The van der Waals surface area contributed by atoms with E-state index in [1.807, 2.05) is 12.1 Å². The number of halogens is 1. The van der Waals surface area contributed by atoms with E-state index in [2.05, 4.69) is 17.4 Å². The van der Waals surface area contributed by atoms with Crippen molar-refractivity contribution in [2.75, 3.05) is 20.2 Å². The van der Waals surface area contributed by atoms with Crippen LogP contribution in [-0.2, 0) is 10.2 Å². The highest BCUT2D eigenvalue weighted by Gasteiger charge is 2.36. The van der Waals surface area contributed by atoms with Gasteiger partial charge in [-0.3, -0.25) is 4.79 Å². The van der Waals surface area contributed by atoms with Crippen molar-refractivity contribution in [3.63, 3.8) is 0 Å². The Hall–Kier alpha value is -1.26. The Morgan fingerprint density at radius 3 is 2.73 bits per heavy atom. The molecule has 0 unspecified atom stereocenters. The third-order valence-electron chi connectivity index (χ3n) is 4.47. The molecule has 0 atom stereocenters. The lowest BCUT2D eigenvalue weighted by Crippen LogP contribution is -2.39. The first kappa shape index (κ1) is 18.8. The monoisotopic (exact) mass is 326 g/mol. The van der Waals surface area contributed by atoms with E-state index in [-0.39, 0.29) is 23.7 Å². The molecule has 1 aromatic carbocycles. The van der Waals surface area contributed by atoms with Crippen molar-refractivity contribution < 1.29 is 9.53 Å². The second-order valence-electron chi connectivity index (χ2n) is 5.89. The Balaban J connectivity index is 0.00000242. The number of nitrogens with one attached hydrogen (secondary N) is 1. The average Bonchev–Trinajstić information content (AvgIpc) is 3.01. The fourth-order valence-corrected chi connectivity index (χ4v) is 3.19. The highest BCUT2D eigenvalue weighted by molar-refractivity contribution is 5.85. The van der Waals surface area contributed by atoms with E-state index < -0.39 is 0 Å². The molecule has 0 aliphatic heterocycles. The summed E-state index contributed by atoms with van der Waals surface area (Å²) in [5.74, 6) is 0.989. The van der Waals surface area contributed by atoms with E-state index in [1.54, 1.807) is 7.11 Å². The largest absolute Gasteiger partial charge is 0.497 e. The lowest BCUT2D eigenvalue weighted by molar-refractivity contribution is -0.121. The van der Waals surface area contributed by atoms with Crippen LogP contribution in [-0.4, -0.2) is 26.1 Å². The van der Waals surface area contributed by atoms with Crippen LogP contribution < -0.4 is 15.8 Å². The molecule has 1 aliphatic rings. The zero-order valence-corrected chi connectivity index (χ0v) is 14.1. The molecular formula is C17H27ClN2O2. The lowest BCUT2D eigenvalue weighted by atomic mass is 9.78. The van der Waals surface area contributed by atoms with E-state index in [0.717, 1.165) is 25.0 Å². The highest BCUT2D eigenvalue weighted by Crippen LogP contribution is 2.41. The number of carbonyl (C=O) groups is 1. The van der Waals surface area contributed by atoms with Gasteiger partial charge in [-0.05, 0) is 43.5 Å². The van der Waals surface area contributed by atoms with Crippen LogP contribution in [0, 0.1) is 0 Å². The summed E-state index contributed by atoms with van der Waals surface area (Å²) in [5, 5.41) is 3.10. The molecule has 1 aromatic rings. The molecule has 3 N–H and O–H groups in total. The summed E-state index contributed by atoms with van der Waals surface area (Å²) in [4.78, 5) is 11.9. The predicted octanol–water partition coefficient (Wildman–Crippen LogP) is 2.78. The first-order valence-electron chi connectivity index (χ1n) is 7.81.